The lowest BCUT2D eigenvalue weighted by Crippen LogP contribution is -2.40. The van der Waals surface area contributed by atoms with Crippen molar-refractivity contribution in [3.63, 3.8) is 0 Å². The third-order valence-electron chi connectivity index (χ3n) is 2.56. The van der Waals surface area contributed by atoms with E-state index in [9.17, 15) is 9.65 Å². The Labute approximate surface area is 110 Å². The van der Waals surface area contributed by atoms with Crippen LogP contribution in [0.2, 0.25) is 0 Å². The largest absolute Gasteiger partial charge is 0.296 e. The van der Waals surface area contributed by atoms with Gasteiger partial charge in [-0.05, 0) is 31.5 Å². The van der Waals surface area contributed by atoms with E-state index >= 15 is 0 Å². The quantitative estimate of drug-likeness (QED) is 0.922. The summed E-state index contributed by atoms with van der Waals surface area (Å²) in [5, 5.41) is 12.4. The summed E-state index contributed by atoms with van der Waals surface area (Å²) >= 11 is 3.20. The summed E-state index contributed by atoms with van der Waals surface area (Å²) in [6.45, 7) is 6.45. The molecule has 0 aromatic heterocycles. The summed E-state index contributed by atoms with van der Waals surface area (Å²) in [6.07, 6.45) is 0. The fourth-order valence-corrected chi connectivity index (χ4v) is 1.83. The summed E-state index contributed by atoms with van der Waals surface area (Å²) in [4.78, 5) is 0. The van der Waals surface area contributed by atoms with E-state index in [1.165, 1.54) is 6.07 Å². The van der Waals surface area contributed by atoms with Gasteiger partial charge in [-0.2, -0.15) is 5.26 Å². The second-order valence-electron chi connectivity index (χ2n) is 4.64. The van der Waals surface area contributed by atoms with E-state index in [-0.39, 0.29) is 5.82 Å². The van der Waals surface area contributed by atoms with Crippen LogP contribution in [-0.4, -0.2) is 6.54 Å². The molecule has 1 aromatic rings. The van der Waals surface area contributed by atoms with Crippen LogP contribution in [-0.2, 0) is 5.54 Å². The van der Waals surface area contributed by atoms with Gasteiger partial charge in [0.25, 0.3) is 0 Å². The highest BCUT2D eigenvalue weighted by Crippen LogP contribution is 2.25. The van der Waals surface area contributed by atoms with E-state index < -0.39 is 5.54 Å². The molecular weight excluding hydrogens is 283 g/mol. The molecule has 4 heteroatoms. The zero-order chi connectivity index (χ0) is 13.1. The Morgan fingerprint density at radius 2 is 2.18 bits per heavy atom. The van der Waals surface area contributed by atoms with Gasteiger partial charge in [0.05, 0.1) is 6.07 Å². The summed E-state index contributed by atoms with van der Waals surface area (Å²) < 4.78 is 14.5. The average molecular weight is 299 g/mol. The van der Waals surface area contributed by atoms with Gasteiger partial charge in [-0.3, -0.25) is 5.32 Å². The second kappa shape index (κ2) is 5.61. The molecule has 0 radical (unpaired) electrons. The van der Waals surface area contributed by atoms with Crippen LogP contribution in [0.25, 0.3) is 0 Å². The van der Waals surface area contributed by atoms with Crippen molar-refractivity contribution in [2.45, 2.75) is 26.3 Å². The molecule has 1 unspecified atom stereocenters. The smallest absolute Gasteiger partial charge is 0.132 e. The van der Waals surface area contributed by atoms with Crippen LogP contribution in [0.15, 0.2) is 22.7 Å². The lowest BCUT2D eigenvalue weighted by atomic mass is 9.92. The normalized spacial score (nSPS) is 14.4. The first kappa shape index (κ1) is 14.1. The van der Waals surface area contributed by atoms with Gasteiger partial charge in [0, 0.05) is 10.0 Å². The summed E-state index contributed by atoms with van der Waals surface area (Å²) in [5.74, 6) is 0.0286. The molecule has 17 heavy (non-hydrogen) atoms. The average Bonchev–Trinajstić information content (AvgIpc) is 2.26. The monoisotopic (exact) mass is 298 g/mol. The molecule has 0 saturated carbocycles. The number of hydrogen-bond donors (Lipinski definition) is 1. The topological polar surface area (TPSA) is 35.8 Å². The number of hydrogen-bond acceptors (Lipinski definition) is 2. The van der Waals surface area contributed by atoms with Crippen molar-refractivity contribution in [2.24, 2.45) is 5.92 Å². The van der Waals surface area contributed by atoms with Gasteiger partial charge in [0.1, 0.15) is 11.4 Å². The SMILES string of the molecule is CC(C)CNC(C)(C#N)c1ccc(Br)cc1F. The van der Waals surface area contributed by atoms with Crippen LogP contribution >= 0.6 is 15.9 Å². The second-order valence-corrected chi connectivity index (χ2v) is 5.55. The van der Waals surface area contributed by atoms with Crippen LogP contribution in [0, 0.1) is 23.1 Å². The zero-order valence-electron chi connectivity index (χ0n) is 10.2. The number of rotatable bonds is 4. The molecule has 0 fully saturated rings. The van der Waals surface area contributed by atoms with Crippen molar-refractivity contribution in [2.75, 3.05) is 6.54 Å². The predicted octanol–water partition coefficient (Wildman–Crippen LogP) is 3.57. The van der Waals surface area contributed by atoms with E-state index in [1.54, 1.807) is 19.1 Å². The third-order valence-corrected chi connectivity index (χ3v) is 3.05. The van der Waals surface area contributed by atoms with Gasteiger partial charge in [-0.1, -0.05) is 35.8 Å². The third kappa shape index (κ3) is 3.52. The molecule has 0 spiro atoms. The van der Waals surface area contributed by atoms with Crippen LogP contribution in [0.3, 0.4) is 0 Å². The standard InChI is InChI=1S/C13H16BrFN2/c1-9(2)7-17-13(3,8-16)11-5-4-10(14)6-12(11)15/h4-6,9,17H,7H2,1-3H3. The van der Waals surface area contributed by atoms with Gasteiger partial charge >= 0.3 is 0 Å². The molecule has 92 valence electrons. The molecule has 1 atom stereocenters. The van der Waals surface area contributed by atoms with E-state index in [0.29, 0.717) is 22.5 Å². The predicted molar refractivity (Wildman–Crippen MR) is 69.9 cm³/mol. The van der Waals surface area contributed by atoms with Crippen LogP contribution in [0.1, 0.15) is 26.3 Å². The molecule has 0 bridgehead atoms. The molecule has 2 nitrogen and oxygen atoms in total. The molecule has 0 saturated heterocycles. The number of nitrogens with one attached hydrogen (secondary N) is 1. The number of nitrogens with zero attached hydrogens (tertiary/aromatic N) is 1. The maximum Gasteiger partial charge on any atom is 0.132 e. The Morgan fingerprint density at radius 1 is 1.53 bits per heavy atom. The van der Waals surface area contributed by atoms with Crippen molar-refractivity contribution in [3.05, 3.63) is 34.1 Å². The van der Waals surface area contributed by atoms with E-state index in [0.717, 1.165) is 0 Å². The molecule has 1 rings (SSSR count). The Balaban J connectivity index is 3.04. The van der Waals surface area contributed by atoms with Gasteiger partial charge in [0.2, 0.25) is 0 Å². The molecule has 0 aliphatic carbocycles. The van der Waals surface area contributed by atoms with Crippen LogP contribution in [0.5, 0.6) is 0 Å². The maximum atomic E-state index is 13.8. The zero-order valence-corrected chi connectivity index (χ0v) is 11.8. The first-order chi connectivity index (χ1) is 7.89. The lowest BCUT2D eigenvalue weighted by Gasteiger charge is -2.25. The minimum absolute atomic E-state index is 0.375. The van der Waals surface area contributed by atoms with E-state index in [1.807, 2.05) is 13.8 Å². The van der Waals surface area contributed by atoms with Crippen molar-refractivity contribution < 1.29 is 4.39 Å². The molecule has 1 N–H and O–H groups in total. The maximum absolute atomic E-state index is 13.8. The van der Waals surface area contributed by atoms with E-state index in [4.69, 9.17) is 0 Å². The fourth-order valence-electron chi connectivity index (χ4n) is 1.50. The molecule has 0 heterocycles. The molecular formula is C13H16BrFN2. The minimum atomic E-state index is -0.991. The molecule has 0 amide bonds. The highest BCUT2D eigenvalue weighted by Gasteiger charge is 2.29. The fraction of sp³-hybridized carbons (Fsp3) is 0.462. The highest BCUT2D eigenvalue weighted by molar-refractivity contribution is 9.10. The number of nitriles is 1. The van der Waals surface area contributed by atoms with Gasteiger partial charge in [-0.25, -0.2) is 4.39 Å². The minimum Gasteiger partial charge on any atom is -0.296 e. The number of halogens is 2. The summed E-state index contributed by atoms with van der Waals surface area (Å²) in [5.41, 5.74) is -0.612. The summed E-state index contributed by atoms with van der Waals surface area (Å²) in [7, 11) is 0. The lowest BCUT2D eigenvalue weighted by molar-refractivity contribution is 0.408. The Bertz CT molecular complexity index is 440. The number of benzene rings is 1. The molecule has 0 aliphatic heterocycles. The van der Waals surface area contributed by atoms with Crippen molar-refractivity contribution in [3.8, 4) is 6.07 Å². The Hall–Kier alpha value is -0.920. The highest BCUT2D eigenvalue weighted by atomic mass is 79.9. The van der Waals surface area contributed by atoms with Crippen LogP contribution < -0.4 is 5.32 Å². The van der Waals surface area contributed by atoms with Crippen molar-refractivity contribution in [1.29, 1.82) is 5.26 Å². The first-order valence-corrected chi connectivity index (χ1v) is 6.30. The molecule has 0 aliphatic rings. The summed E-state index contributed by atoms with van der Waals surface area (Å²) in [6, 6.07) is 6.90. The van der Waals surface area contributed by atoms with Gasteiger partial charge in [-0.15, -0.1) is 0 Å². The van der Waals surface area contributed by atoms with Crippen LogP contribution in [0.4, 0.5) is 4.39 Å². The first-order valence-electron chi connectivity index (χ1n) is 5.51. The van der Waals surface area contributed by atoms with Crippen molar-refractivity contribution in [1.82, 2.24) is 5.32 Å². The Kier molecular flexibility index (Phi) is 4.67. The van der Waals surface area contributed by atoms with Gasteiger partial charge in [0.15, 0.2) is 0 Å². The van der Waals surface area contributed by atoms with Gasteiger partial charge < -0.3 is 0 Å². The van der Waals surface area contributed by atoms with Crippen molar-refractivity contribution >= 4 is 15.9 Å². The Morgan fingerprint density at radius 3 is 2.65 bits per heavy atom. The molecule has 1 aromatic carbocycles. The van der Waals surface area contributed by atoms with E-state index in [2.05, 4.69) is 27.3 Å².